The van der Waals surface area contributed by atoms with Crippen LogP contribution < -0.4 is 15.5 Å². The van der Waals surface area contributed by atoms with Gasteiger partial charge >= 0.3 is 0 Å². The van der Waals surface area contributed by atoms with Crippen LogP contribution >= 0.6 is 11.6 Å². The van der Waals surface area contributed by atoms with Crippen molar-refractivity contribution in [2.75, 3.05) is 28.6 Å². The van der Waals surface area contributed by atoms with Gasteiger partial charge in [-0.3, -0.25) is 9.59 Å². The fraction of sp³-hybridized carbons (Fsp3) is 0.227. The molecule has 3 aromatic rings. The van der Waals surface area contributed by atoms with E-state index in [0.29, 0.717) is 29.5 Å². The van der Waals surface area contributed by atoms with Gasteiger partial charge in [0.05, 0.1) is 17.3 Å². The molecule has 2 heterocycles. The van der Waals surface area contributed by atoms with Crippen LogP contribution in [0, 0.1) is 6.92 Å². The number of rotatable bonds is 6. The minimum Gasteiger partial charge on any atom is -0.360 e. The average molecular weight is 424 g/mol. The molecule has 1 saturated heterocycles. The molecule has 0 atom stereocenters. The van der Waals surface area contributed by atoms with Crippen LogP contribution in [0.3, 0.4) is 0 Å². The molecule has 4 rings (SSSR count). The van der Waals surface area contributed by atoms with E-state index in [9.17, 15) is 9.59 Å². The van der Waals surface area contributed by atoms with E-state index in [2.05, 4.69) is 15.7 Å². The first-order valence-electron chi connectivity index (χ1n) is 9.77. The minimum absolute atomic E-state index is 0.0614. The molecular weight excluding hydrogens is 402 g/mol. The molecule has 0 radical (unpaired) electrons. The highest BCUT2D eigenvalue weighted by atomic mass is 35.5. The summed E-state index contributed by atoms with van der Waals surface area (Å²) >= 11 is 6.26. The second-order valence-electron chi connectivity index (χ2n) is 7.14. The number of anilines is 3. The lowest BCUT2D eigenvalue weighted by molar-refractivity contribution is -0.117. The van der Waals surface area contributed by atoms with Crippen LogP contribution in [0.25, 0.3) is 5.69 Å². The number of amides is 2. The van der Waals surface area contributed by atoms with Crippen molar-refractivity contribution in [1.82, 2.24) is 9.78 Å². The zero-order valence-electron chi connectivity index (χ0n) is 16.6. The van der Waals surface area contributed by atoms with Crippen LogP contribution in [0.4, 0.5) is 17.2 Å². The number of nitrogens with zero attached hydrogens (tertiary/aromatic N) is 3. The predicted molar refractivity (Wildman–Crippen MR) is 118 cm³/mol. The monoisotopic (exact) mass is 423 g/mol. The zero-order valence-corrected chi connectivity index (χ0v) is 17.3. The Morgan fingerprint density at radius 3 is 2.77 bits per heavy atom. The number of aryl methyl sites for hydroxylation is 1. The van der Waals surface area contributed by atoms with Gasteiger partial charge in [-0.15, -0.1) is 0 Å². The molecule has 0 bridgehead atoms. The third kappa shape index (κ3) is 4.31. The highest BCUT2D eigenvalue weighted by Crippen LogP contribution is 2.25. The second kappa shape index (κ2) is 8.59. The smallest absolute Gasteiger partial charge is 0.243 e. The first-order chi connectivity index (χ1) is 14.5. The summed E-state index contributed by atoms with van der Waals surface area (Å²) in [6.07, 6.45) is 1.43. The Hall–Kier alpha value is -3.32. The number of hydrogen-bond acceptors (Lipinski definition) is 4. The number of halogens is 1. The molecule has 1 aromatic heterocycles. The summed E-state index contributed by atoms with van der Waals surface area (Å²) in [5.74, 6) is 0.494. The van der Waals surface area contributed by atoms with Crippen molar-refractivity contribution in [3.63, 3.8) is 0 Å². The molecule has 2 aromatic carbocycles. The summed E-state index contributed by atoms with van der Waals surface area (Å²) in [5.41, 5.74) is 3.13. The Morgan fingerprint density at radius 2 is 2.00 bits per heavy atom. The summed E-state index contributed by atoms with van der Waals surface area (Å²) in [5, 5.41) is 11.0. The molecule has 1 fully saturated rings. The Balaban J connectivity index is 1.38. The Morgan fingerprint density at radius 1 is 1.17 bits per heavy atom. The quantitative estimate of drug-likeness (QED) is 0.627. The van der Waals surface area contributed by atoms with E-state index in [1.54, 1.807) is 15.6 Å². The van der Waals surface area contributed by atoms with Gasteiger partial charge in [0, 0.05) is 36.1 Å². The number of benzene rings is 2. The van der Waals surface area contributed by atoms with Gasteiger partial charge in [-0.1, -0.05) is 29.8 Å². The number of nitrogens with one attached hydrogen (secondary N) is 2. The molecule has 1 aliphatic heterocycles. The number of hydrogen-bond donors (Lipinski definition) is 2. The topological polar surface area (TPSA) is 79.3 Å². The van der Waals surface area contributed by atoms with Crippen molar-refractivity contribution < 1.29 is 9.59 Å². The lowest BCUT2D eigenvalue weighted by Crippen LogP contribution is -2.24. The van der Waals surface area contributed by atoms with Crippen LogP contribution in [0.15, 0.2) is 54.6 Å². The Kier molecular flexibility index (Phi) is 5.72. The van der Waals surface area contributed by atoms with Crippen LogP contribution in [0.5, 0.6) is 0 Å². The van der Waals surface area contributed by atoms with Crippen molar-refractivity contribution in [3.05, 3.63) is 65.3 Å². The van der Waals surface area contributed by atoms with Gasteiger partial charge in [0.2, 0.25) is 11.8 Å². The number of carbonyl (C=O) groups excluding carboxylic acids is 2. The zero-order chi connectivity index (χ0) is 21.1. The van der Waals surface area contributed by atoms with Crippen LogP contribution in [0.1, 0.15) is 18.5 Å². The van der Waals surface area contributed by atoms with Gasteiger partial charge in [-0.25, -0.2) is 4.68 Å². The van der Waals surface area contributed by atoms with E-state index in [1.165, 1.54) is 0 Å². The van der Waals surface area contributed by atoms with Crippen LogP contribution in [0.2, 0.25) is 5.02 Å². The molecule has 0 saturated carbocycles. The summed E-state index contributed by atoms with van der Waals surface area (Å²) in [6, 6.07) is 16.6. The lowest BCUT2D eigenvalue weighted by Gasteiger charge is -2.16. The van der Waals surface area contributed by atoms with E-state index >= 15 is 0 Å². The Bertz CT molecular complexity index is 1090. The van der Waals surface area contributed by atoms with Crippen molar-refractivity contribution >= 4 is 40.6 Å². The first-order valence-corrected chi connectivity index (χ1v) is 10.1. The molecule has 30 heavy (non-hydrogen) atoms. The number of carbonyl (C=O) groups is 2. The third-order valence-corrected chi connectivity index (χ3v) is 5.23. The van der Waals surface area contributed by atoms with Crippen LogP contribution in [-0.2, 0) is 9.59 Å². The molecule has 0 aliphatic carbocycles. The number of para-hydroxylation sites is 1. The fourth-order valence-corrected chi connectivity index (χ4v) is 3.69. The van der Waals surface area contributed by atoms with Crippen molar-refractivity contribution in [1.29, 1.82) is 0 Å². The lowest BCUT2D eigenvalue weighted by atomic mass is 10.2. The van der Waals surface area contributed by atoms with Crippen molar-refractivity contribution in [3.8, 4) is 5.69 Å². The molecule has 0 spiro atoms. The molecule has 0 unspecified atom stereocenters. The molecule has 2 N–H and O–H groups in total. The fourth-order valence-electron chi connectivity index (χ4n) is 3.48. The highest BCUT2D eigenvalue weighted by Gasteiger charge is 2.21. The molecule has 7 nitrogen and oxygen atoms in total. The Labute approximate surface area is 179 Å². The SMILES string of the molecule is Cc1cc(NCC(=O)Nc2cccc(N3CCCC3=O)c2)nn1-c1ccccc1Cl. The van der Waals surface area contributed by atoms with Gasteiger partial charge in [-0.2, -0.15) is 5.10 Å². The normalized spacial score (nSPS) is 13.5. The maximum atomic E-state index is 12.4. The van der Waals surface area contributed by atoms with E-state index in [1.807, 2.05) is 55.5 Å². The third-order valence-electron chi connectivity index (χ3n) is 4.91. The highest BCUT2D eigenvalue weighted by molar-refractivity contribution is 6.32. The van der Waals surface area contributed by atoms with Crippen molar-refractivity contribution in [2.45, 2.75) is 19.8 Å². The average Bonchev–Trinajstić information content (AvgIpc) is 3.32. The van der Waals surface area contributed by atoms with Gasteiger partial charge in [0.15, 0.2) is 0 Å². The van der Waals surface area contributed by atoms with E-state index in [0.717, 1.165) is 23.5 Å². The molecule has 8 heteroatoms. The van der Waals surface area contributed by atoms with Crippen LogP contribution in [-0.4, -0.2) is 34.7 Å². The maximum absolute atomic E-state index is 12.4. The largest absolute Gasteiger partial charge is 0.360 e. The van der Waals surface area contributed by atoms with E-state index in [-0.39, 0.29) is 18.4 Å². The summed E-state index contributed by atoms with van der Waals surface area (Å²) in [4.78, 5) is 26.1. The summed E-state index contributed by atoms with van der Waals surface area (Å²) < 4.78 is 1.74. The van der Waals surface area contributed by atoms with Gasteiger partial charge in [-0.05, 0) is 43.7 Å². The summed E-state index contributed by atoms with van der Waals surface area (Å²) in [6.45, 7) is 2.70. The predicted octanol–water partition coefficient (Wildman–Crippen LogP) is 4.01. The minimum atomic E-state index is -0.204. The van der Waals surface area contributed by atoms with Gasteiger partial charge in [0.1, 0.15) is 5.82 Å². The van der Waals surface area contributed by atoms with E-state index < -0.39 is 0 Å². The molecule has 154 valence electrons. The van der Waals surface area contributed by atoms with Gasteiger partial charge < -0.3 is 15.5 Å². The number of aromatic nitrogens is 2. The maximum Gasteiger partial charge on any atom is 0.243 e. The molecule has 1 aliphatic rings. The standard InChI is InChI=1S/C22H22ClN5O2/c1-15-12-20(26-28(15)19-9-3-2-8-18(19)23)24-14-21(29)25-16-6-4-7-17(13-16)27-11-5-10-22(27)30/h2-4,6-9,12-13H,5,10-11,14H2,1H3,(H,24,26)(H,25,29). The summed E-state index contributed by atoms with van der Waals surface area (Å²) in [7, 11) is 0. The second-order valence-corrected chi connectivity index (χ2v) is 7.54. The van der Waals surface area contributed by atoms with E-state index in [4.69, 9.17) is 11.6 Å². The molecular formula is C22H22ClN5O2. The van der Waals surface area contributed by atoms with Crippen molar-refractivity contribution in [2.24, 2.45) is 0 Å². The molecule has 2 amide bonds. The first kappa shape index (κ1) is 20.0. The van der Waals surface area contributed by atoms with Gasteiger partial charge in [0.25, 0.3) is 0 Å².